The van der Waals surface area contributed by atoms with Crippen LogP contribution >= 0.6 is 0 Å². The van der Waals surface area contributed by atoms with Crippen molar-refractivity contribution in [2.75, 3.05) is 39.3 Å². The summed E-state index contributed by atoms with van der Waals surface area (Å²) in [5.74, 6) is 0.679. The number of rotatable bonds is 5. The molecule has 0 bridgehead atoms. The van der Waals surface area contributed by atoms with E-state index in [9.17, 15) is 14.0 Å². The molecule has 0 aromatic heterocycles. The van der Waals surface area contributed by atoms with E-state index in [1.54, 1.807) is 0 Å². The average molecular weight is 522 g/mol. The number of hydrogen-bond acceptors (Lipinski definition) is 3. The summed E-state index contributed by atoms with van der Waals surface area (Å²) in [4.78, 5) is 30.4. The fourth-order valence-electron chi connectivity index (χ4n) is 7.19. The number of carbonyl (C=O) groups is 2. The summed E-state index contributed by atoms with van der Waals surface area (Å²) >= 11 is 0. The van der Waals surface area contributed by atoms with Crippen LogP contribution in [0.2, 0.25) is 0 Å². The minimum atomic E-state index is -0.284. The van der Waals surface area contributed by atoms with Crippen LogP contribution in [-0.2, 0) is 9.53 Å². The molecular weight excluding hydrogens is 481 g/mol. The van der Waals surface area contributed by atoms with E-state index >= 15 is 0 Å². The summed E-state index contributed by atoms with van der Waals surface area (Å²) in [6.45, 7) is 8.54. The minimum Gasteiger partial charge on any atom is -1.00 e. The molecule has 2 atom stereocenters. The van der Waals surface area contributed by atoms with Crippen LogP contribution in [0.25, 0.3) is 0 Å². The molecular formula is C28H41ClFN3O3. The molecule has 1 aromatic carbocycles. The number of benzene rings is 1. The number of piperidine rings is 1. The number of nitrogens with two attached hydrogens (primary N) is 1. The minimum absolute atomic E-state index is 0. The summed E-state index contributed by atoms with van der Waals surface area (Å²) < 4.78 is 18.9. The third kappa shape index (κ3) is 5.24. The molecule has 6 nitrogen and oxygen atoms in total. The Kier molecular flexibility index (Phi) is 8.20. The van der Waals surface area contributed by atoms with E-state index in [0.29, 0.717) is 12.5 Å². The van der Waals surface area contributed by atoms with Gasteiger partial charge in [0.05, 0.1) is 30.5 Å². The van der Waals surface area contributed by atoms with Crippen LogP contribution in [0, 0.1) is 23.1 Å². The van der Waals surface area contributed by atoms with E-state index in [0.717, 1.165) is 51.1 Å². The third-order valence-electron chi connectivity index (χ3n) is 9.46. The van der Waals surface area contributed by atoms with Crippen molar-refractivity contribution in [2.24, 2.45) is 17.3 Å². The third-order valence-corrected chi connectivity index (χ3v) is 9.46. The highest BCUT2D eigenvalue weighted by Gasteiger charge is 2.50. The van der Waals surface area contributed by atoms with E-state index in [4.69, 9.17) is 4.74 Å². The molecule has 0 spiro atoms. The second-order valence-electron chi connectivity index (χ2n) is 12.0. The number of nitrogens with zero attached hydrogens (tertiary/aromatic N) is 2. The molecule has 36 heavy (non-hydrogen) atoms. The predicted octanol–water partition coefficient (Wildman–Crippen LogP) is 0.526. The fraction of sp³-hybridized carbons (Fsp3) is 0.714. The zero-order valence-corrected chi connectivity index (χ0v) is 22.4. The van der Waals surface area contributed by atoms with Crippen molar-refractivity contribution < 1.29 is 36.4 Å². The van der Waals surface area contributed by atoms with Crippen molar-refractivity contribution in [3.8, 4) is 0 Å². The first kappa shape index (κ1) is 27.2. The normalized spacial score (nSPS) is 28.0. The Balaban J connectivity index is 0.00000304. The summed E-state index contributed by atoms with van der Waals surface area (Å²) in [7, 11) is 0. The first-order valence-electron chi connectivity index (χ1n) is 13.6. The van der Waals surface area contributed by atoms with Crippen molar-refractivity contribution in [1.82, 2.24) is 9.80 Å². The molecule has 0 unspecified atom stereocenters. The van der Waals surface area contributed by atoms with Crippen LogP contribution in [-0.4, -0.2) is 66.7 Å². The zero-order chi connectivity index (χ0) is 24.6. The Morgan fingerprint density at radius 3 is 2.36 bits per heavy atom. The van der Waals surface area contributed by atoms with Crippen LogP contribution in [0.3, 0.4) is 0 Å². The number of ether oxygens (including phenoxy) is 1. The van der Waals surface area contributed by atoms with Gasteiger partial charge >= 0.3 is 6.09 Å². The van der Waals surface area contributed by atoms with Crippen molar-refractivity contribution in [3.63, 3.8) is 0 Å². The number of cyclic esters (lactones) is 1. The van der Waals surface area contributed by atoms with E-state index in [-0.39, 0.29) is 53.0 Å². The summed E-state index contributed by atoms with van der Waals surface area (Å²) in [6.07, 6.45) is 7.98. The van der Waals surface area contributed by atoms with E-state index in [1.165, 1.54) is 44.2 Å². The molecule has 200 valence electrons. The SMILES string of the molecule is CC1(C)COC(=O)N1CC1(C2CCCCC2)CCN(C(=O)[C@H]2C[NH2+]C[C@H]2c2ccc(F)cc2)CC1.[Cl-]. The van der Waals surface area contributed by atoms with Gasteiger partial charge in [-0.3, -0.25) is 9.69 Å². The molecule has 1 aliphatic carbocycles. The lowest BCUT2D eigenvalue weighted by atomic mass is 9.63. The lowest BCUT2D eigenvalue weighted by Gasteiger charge is -2.50. The molecule has 2 amide bonds. The summed E-state index contributed by atoms with van der Waals surface area (Å²) in [5.41, 5.74) is 0.825. The maximum absolute atomic E-state index is 13.7. The Bertz CT molecular complexity index is 926. The van der Waals surface area contributed by atoms with Gasteiger partial charge in [0, 0.05) is 19.6 Å². The fourth-order valence-corrected chi connectivity index (χ4v) is 7.19. The molecule has 2 N–H and O–H groups in total. The molecule has 1 aromatic rings. The van der Waals surface area contributed by atoms with Gasteiger partial charge < -0.3 is 27.4 Å². The van der Waals surface area contributed by atoms with Crippen LogP contribution in [0.15, 0.2) is 24.3 Å². The van der Waals surface area contributed by atoms with Gasteiger partial charge in [0.1, 0.15) is 12.4 Å². The van der Waals surface area contributed by atoms with E-state index in [2.05, 4.69) is 24.1 Å². The quantitative estimate of drug-likeness (QED) is 0.614. The van der Waals surface area contributed by atoms with E-state index < -0.39 is 0 Å². The van der Waals surface area contributed by atoms with Gasteiger partial charge in [0.2, 0.25) is 5.91 Å². The molecule has 0 radical (unpaired) electrons. The van der Waals surface area contributed by atoms with Crippen LogP contribution in [0.1, 0.15) is 70.3 Å². The number of quaternary nitrogens is 1. The van der Waals surface area contributed by atoms with Crippen LogP contribution < -0.4 is 17.7 Å². The molecule has 4 aliphatic rings. The van der Waals surface area contributed by atoms with Crippen molar-refractivity contribution in [1.29, 1.82) is 0 Å². The molecule has 3 heterocycles. The first-order valence-corrected chi connectivity index (χ1v) is 13.6. The smallest absolute Gasteiger partial charge is 0.410 e. The Labute approximate surface area is 220 Å². The zero-order valence-electron chi connectivity index (χ0n) is 21.7. The lowest BCUT2D eigenvalue weighted by Crippen LogP contribution is -3.00. The van der Waals surface area contributed by atoms with E-state index in [1.807, 2.05) is 17.0 Å². The van der Waals surface area contributed by atoms with Gasteiger partial charge in [-0.25, -0.2) is 9.18 Å². The monoisotopic (exact) mass is 521 g/mol. The molecule has 1 saturated carbocycles. The lowest BCUT2D eigenvalue weighted by molar-refractivity contribution is -0.638. The maximum Gasteiger partial charge on any atom is 0.410 e. The highest BCUT2D eigenvalue weighted by Crippen LogP contribution is 2.48. The number of amides is 2. The summed E-state index contributed by atoms with van der Waals surface area (Å²) in [6, 6.07) is 6.67. The standard InChI is InChI=1S/C28H40FN3O3.ClH/c1-27(2)19-35-26(34)32(27)18-28(21-6-4-3-5-7-21)12-14-31(15-13-28)25(33)24-17-30-16-23(24)20-8-10-22(29)11-9-20;/h8-11,21,23-24,30H,3-7,12-19H2,1-2H3;1H/t23-,24-;/m0./s1. The molecule has 3 aliphatic heterocycles. The topological polar surface area (TPSA) is 66.5 Å². The first-order chi connectivity index (χ1) is 16.8. The highest BCUT2D eigenvalue weighted by molar-refractivity contribution is 5.80. The Morgan fingerprint density at radius 2 is 1.75 bits per heavy atom. The Morgan fingerprint density at radius 1 is 1.08 bits per heavy atom. The average Bonchev–Trinajstić information content (AvgIpc) is 3.45. The number of hydrogen-bond donors (Lipinski definition) is 1. The van der Waals surface area contributed by atoms with Gasteiger partial charge in [-0.05, 0) is 68.6 Å². The molecule has 4 fully saturated rings. The van der Waals surface area contributed by atoms with Crippen LogP contribution in [0.5, 0.6) is 0 Å². The molecule has 5 rings (SSSR count). The number of likely N-dealkylation sites (tertiary alicyclic amines) is 1. The second kappa shape index (κ2) is 10.9. The van der Waals surface area contributed by atoms with Gasteiger partial charge in [-0.1, -0.05) is 31.4 Å². The Hall–Kier alpha value is -1.86. The maximum atomic E-state index is 13.7. The summed E-state index contributed by atoms with van der Waals surface area (Å²) in [5, 5.41) is 2.22. The largest absolute Gasteiger partial charge is 1.00 e. The van der Waals surface area contributed by atoms with Crippen molar-refractivity contribution >= 4 is 12.0 Å². The second-order valence-corrected chi connectivity index (χ2v) is 12.0. The van der Waals surface area contributed by atoms with Gasteiger partial charge in [-0.2, -0.15) is 0 Å². The van der Waals surface area contributed by atoms with Gasteiger partial charge in [0.25, 0.3) is 0 Å². The highest BCUT2D eigenvalue weighted by atomic mass is 35.5. The van der Waals surface area contributed by atoms with Crippen molar-refractivity contribution in [3.05, 3.63) is 35.6 Å². The number of halogens is 2. The van der Waals surface area contributed by atoms with Gasteiger partial charge in [0.15, 0.2) is 0 Å². The molecule has 8 heteroatoms. The molecule has 3 saturated heterocycles. The van der Waals surface area contributed by atoms with Crippen molar-refractivity contribution in [2.45, 2.75) is 70.3 Å². The van der Waals surface area contributed by atoms with Gasteiger partial charge in [-0.15, -0.1) is 0 Å². The predicted molar refractivity (Wildman–Crippen MR) is 131 cm³/mol. The number of carbonyl (C=O) groups excluding carboxylic acids is 2. The van der Waals surface area contributed by atoms with Crippen LogP contribution in [0.4, 0.5) is 9.18 Å².